The molecule has 1 rings (SSSR count). The normalized spacial score (nSPS) is 13.9. The highest BCUT2D eigenvalue weighted by Gasteiger charge is 2.29. The first-order valence-electron chi connectivity index (χ1n) is 5.30. The van der Waals surface area contributed by atoms with Crippen LogP contribution < -0.4 is 9.47 Å². The average molecular weight is 234 g/mol. The lowest BCUT2D eigenvalue weighted by atomic mass is 9.92. The van der Waals surface area contributed by atoms with Crippen LogP contribution in [0.25, 0.3) is 0 Å². The van der Waals surface area contributed by atoms with Gasteiger partial charge in [0.25, 0.3) is 0 Å². The van der Waals surface area contributed by atoms with E-state index >= 15 is 0 Å². The number of hydrogen-bond donors (Lipinski definition) is 0. The smallest absolute Gasteiger partial charge is 0.161 e. The minimum absolute atomic E-state index is 0.633. The second-order valence-corrected chi connectivity index (χ2v) is 4.15. The first-order chi connectivity index (χ1) is 7.99. The Morgan fingerprint density at radius 2 is 1.76 bits per heavy atom. The lowest BCUT2D eigenvalue weighted by Gasteiger charge is -2.30. The van der Waals surface area contributed by atoms with Crippen LogP contribution in [0.1, 0.15) is 12.5 Å². The summed E-state index contributed by atoms with van der Waals surface area (Å²) in [5, 5.41) is 9.34. The molecule has 0 aliphatic rings. The van der Waals surface area contributed by atoms with Gasteiger partial charge >= 0.3 is 0 Å². The summed E-state index contributed by atoms with van der Waals surface area (Å²) in [4.78, 5) is 1.87. The maximum absolute atomic E-state index is 9.34. The quantitative estimate of drug-likeness (QED) is 0.799. The van der Waals surface area contributed by atoms with Crippen molar-refractivity contribution in [2.45, 2.75) is 12.5 Å². The van der Waals surface area contributed by atoms with Gasteiger partial charge < -0.3 is 9.47 Å². The van der Waals surface area contributed by atoms with Gasteiger partial charge in [-0.1, -0.05) is 6.07 Å². The molecule has 0 bridgehead atoms. The van der Waals surface area contributed by atoms with E-state index in [4.69, 9.17) is 9.47 Å². The van der Waals surface area contributed by atoms with Crippen LogP contribution >= 0.6 is 0 Å². The lowest BCUT2D eigenvalue weighted by molar-refractivity contribution is 0.240. The molecule has 4 nitrogen and oxygen atoms in total. The van der Waals surface area contributed by atoms with Crippen molar-refractivity contribution in [1.82, 2.24) is 4.90 Å². The summed E-state index contributed by atoms with van der Waals surface area (Å²) in [5.74, 6) is 1.30. The summed E-state index contributed by atoms with van der Waals surface area (Å²) < 4.78 is 10.4. The SMILES string of the molecule is COc1ccc(C(C)(C#N)N(C)C)cc1OC. The van der Waals surface area contributed by atoms with Gasteiger partial charge in [-0.3, -0.25) is 4.90 Å². The monoisotopic (exact) mass is 234 g/mol. The molecule has 17 heavy (non-hydrogen) atoms. The van der Waals surface area contributed by atoms with E-state index in [9.17, 15) is 5.26 Å². The molecular weight excluding hydrogens is 216 g/mol. The highest BCUT2D eigenvalue weighted by atomic mass is 16.5. The molecule has 0 amide bonds. The number of ether oxygens (including phenoxy) is 2. The van der Waals surface area contributed by atoms with E-state index in [1.807, 2.05) is 44.1 Å². The van der Waals surface area contributed by atoms with Crippen LogP contribution in [0.5, 0.6) is 11.5 Å². The largest absolute Gasteiger partial charge is 0.493 e. The van der Waals surface area contributed by atoms with Gasteiger partial charge in [0.1, 0.15) is 5.54 Å². The summed E-state index contributed by atoms with van der Waals surface area (Å²) >= 11 is 0. The predicted molar refractivity (Wildman–Crippen MR) is 66.2 cm³/mol. The number of nitrogens with zero attached hydrogens (tertiary/aromatic N) is 2. The van der Waals surface area contributed by atoms with Crippen molar-refractivity contribution >= 4 is 0 Å². The van der Waals surface area contributed by atoms with Gasteiger partial charge in [0.2, 0.25) is 0 Å². The molecule has 0 aliphatic carbocycles. The first kappa shape index (κ1) is 13.3. The molecule has 92 valence electrons. The van der Waals surface area contributed by atoms with Crippen LogP contribution in [0, 0.1) is 11.3 Å². The highest BCUT2D eigenvalue weighted by molar-refractivity contribution is 5.46. The number of rotatable bonds is 4. The second kappa shape index (κ2) is 5.07. The molecule has 0 heterocycles. The molecule has 1 aromatic rings. The molecule has 0 spiro atoms. The number of methoxy groups -OCH3 is 2. The van der Waals surface area contributed by atoms with Crippen molar-refractivity contribution in [3.8, 4) is 17.6 Å². The minimum atomic E-state index is -0.681. The van der Waals surface area contributed by atoms with E-state index < -0.39 is 5.54 Å². The van der Waals surface area contributed by atoms with Crippen LogP contribution in [0.4, 0.5) is 0 Å². The second-order valence-electron chi connectivity index (χ2n) is 4.15. The van der Waals surface area contributed by atoms with Gasteiger partial charge in [-0.15, -0.1) is 0 Å². The molecule has 1 aromatic carbocycles. The van der Waals surface area contributed by atoms with Crippen molar-refractivity contribution in [1.29, 1.82) is 5.26 Å². The van der Waals surface area contributed by atoms with E-state index in [1.165, 1.54) is 0 Å². The van der Waals surface area contributed by atoms with E-state index in [-0.39, 0.29) is 0 Å². The molecule has 0 radical (unpaired) electrons. The van der Waals surface area contributed by atoms with Gasteiger partial charge in [0, 0.05) is 0 Å². The van der Waals surface area contributed by atoms with Gasteiger partial charge in [-0.2, -0.15) is 5.26 Å². The maximum atomic E-state index is 9.34. The van der Waals surface area contributed by atoms with Crippen molar-refractivity contribution in [2.24, 2.45) is 0 Å². The molecule has 1 unspecified atom stereocenters. The van der Waals surface area contributed by atoms with Gasteiger partial charge in [0.05, 0.1) is 20.3 Å². The standard InChI is InChI=1S/C13H18N2O2/c1-13(9-14,15(2)3)10-6-7-11(16-4)12(8-10)17-5/h6-8H,1-5H3. The Balaban J connectivity index is 3.29. The van der Waals surface area contributed by atoms with Gasteiger partial charge in [0.15, 0.2) is 11.5 Å². The maximum Gasteiger partial charge on any atom is 0.161 e. The zero-order chi connectivity index (χ0) is 13.1. The van der Waals surface area contributed by atoms with E-state index in [2.05, 4.69) is 6.07 Å². The molecule has 0 fully saturated rings. The molecule has 0 saturated carbocycles. The van der Waals surface area contributed by atoms with Crippen LogP contribution in [0.15, 0.2) is 18.2 Å². The third-order valence-corrected chi connectivity index (χ3v) is 3.06. The fourth-order valence-electron chi connectivity index (χ4n) is 1.56. The zero-order valence-corrected chi connectivity index (χ0v) is 10.9. The zero-order valence-electron chi connectivity index (χ0n) is 10.9. The molecule has 0 aromatic heterocycles. The summed E-state index contributed by atoms with van der Waals surface area (Å²) in [6.07, 6.45) is 0. The van der Waals surface area contributed by atoms with E-state index in [0.717, 1.165) is 5.56 Å². The Hall–Kier alpha value is -1.73. The van der Waals surface area contributed by atoms with Crippen molar-refractivity contribution < 1.29 is 9.47 Å². The molecule has 0 saturated heterocycles. The van der Waals surface area contributed by atoms with Crippen molar-refractivity contribution in [3.05, 3.63) is 23.8 Å². The number of nitriles is 1. The Morgan fingerprint density at radius 1 is 1.18 bits per heavy atom. The molecule has 1 atom stereocenters. The number of benzene rings is 1. The predicted octanol–water partition coefficient (Wildman–Crippen LogP) is 2.00. The van der Waals surface area contributed by atoms with Crippen LogP contribution in [0.3, 0.4) is 0 Å². The lowest BCUT2D eigenvalue weighted by Crippen LogP contribution is -2.36. The average Bonchev–Trinajstić information content (AvgIpc) is 2.36. The van der Waals surface area contributed by atoms with Crippen LogP contribution in [0.2, 0.25) is 0 Å². The van der Waals surface area contributed by atoms with Crippen molar-refractivity contribution in [2.75, 3.05) is 28.3 Å². The summed E-state index contributed by atoms with van der Waals surface area (Å²) in [6.45, 7) is 1.87. The Labute approximate surface area is 102 Å². The Bertz CT molecular complexity index is 438. The van der Waals surface area contributed by atoms with Gasteiger partial charge in [-0.25, -0.2) is 0 Å². The van der Waals surface area contributed by atoms with Gasteiger partial charge in [-0.05, 0) is 38.7 Å². The first-order valence-corrected chi connectivity index (χ1v) is 5.30. The highest BCUT2D eigenvalue weighted by Crippen LogP contribution is 2.33. The number of hydrogen-bond acceptors (Lipinski definition) is 4. The summed E-state index contributed by atoms with van der Waals surface area (Å²) in [5.41, 5.74) is 0.196. The Morgan fingerprint density at radius 3 is 2.18 bits per heavy atom. The topological polar surface area (TPSA) is 45.5 Å². The molecule has 0 N–H and O–H groups in total. The minimum Gasteiger partial charge on any atom is -0.493 e. The Kier molecular flexibility index (Phi) is 3.97. The van der Waals surface area contributed by atoms with E-state index in [1.54, 1.807) is 14.2 Å². The fourth-order valence-corrected chi connectivity index (χ4v) is 1.56. The fraction of sp³-hybridized carbons (Fsp3) is 0.462. The van der Waals surface area contributed by atoms with Crippen LogP contribution in [-0.2, 0) is 5.54 Å². The third-order valence-electron chi connectivity index (χ3n) is 3.06. The third kappa shape index (κ3) is 2.34. The van der Waals surface area contributed by atoms with Crippen molar-refractivity contribution in [3.63, 3.8) is 0 Å². The van der Waals surface area contributed by atoms with E-state index in [0.29, 0.717) is 11.5 Å². The molecule has 0 aliphatic heterocycles. The molecular formula is C13H18N2O2. The summed E-state index contributed by atoms with van der Waals surface area (Å²) in [6, 6.07) is 7.84. The van der Waals surface area contributed by atoms with Crippen LogP contribution in [-0.4, -0.2) is 33.2 Å². The summed E-state index contributed by atoms with van der Waals surface area (Å²) in [7, 11) is 6.92. The molecule has 4 heteroatoms.